The van der Waals surface area contributed by atoms with Gasteiger partial charge in [-0.15, -0.1) is 0 Å². The summed E-state index contributed by atoms with van der Waals surface area (Å²) in [6, 6.07) is 8.16. The lowest BCUT2D eigenvalue weighted by Gasteiger charge is -2.22. The Hall–Kier alpha value is -1.35. The van der Waals surface area contributed by atoms with Crippen molar-refractivity contribution in [1.29, 1.82) is 0 Å². The van der Waals surface area contributed by atoms with Crippen LogP contribution < -0.4 is 10.6 Å². The fourth-order valence-corrected chi connectivity index (χ4v) is 2.19. The quantitative estimate of drug-likeness (QED) is 0.833. The van der Waals surface area contributed by atoms with Gasteiger partial charge in [-0.25, -0.2) is 0 Å². The number of hydrogen-bond donors (Lipinski definition) is 2. The number of nitrogens with one attached hydrogen (secondary N) is 2. The maximum Gasteiger partial charge on any atom is 0.237 e. The fourth-order valence-electron chi connectivity index (χ4n) is 2.19. The summed E-state index contributed by atoms with van der Waals surface area (Å²) < 4.78 is 0. The second-order valence-corrected chi connectivity index (χ2v) is 4.65. The molecule has 1 aliphatic heterocycles. The molecule has 0 aromatic heterocycles. The highest BCUT2D eigenvalue weighted by atomic mass is 16.2. The van der Waals surface area contributed by atoms with Gasteiger partial charge in [0, 0.05) is 6.54 Å². The number of amides is 1. The summed E-state index contributed by atoms with van der Waals surface area (Å²) in [6.07, 6.45) is 3.29. The number of rotatable bonds is 3. The van der Waals surface area contributed by atoms with Crippen molar-refractivity contribution in [3.63, 3.8) is 0 Å². The Balaban J connectivity index is 1.85. The smallest absolute Gasteiger partial charge is 0.237 e. The Labute approximate surface area is 103 Å². The van der Waals surface area contributed by atoms with Crippen molar-refractivity contribution in [2.24, 2.45) is 0 Å². The second-order valence-electron chi connectivity index (χ2n) is 4.65. The van der Waals surface area contributed by atoms with Crippen LogP contribution in [-0.2, 0) is 11.3 Å². The predicted molar refractivity (Wildman–Crippen MR) is 68.7 cm³/mol. The van der Waals surface area contributed by atoms with E-state index in [1.165, 1.54) is 17.5 Å². The molecule has 1 atom stereocenters. The van der Waals surface area contributed by atoms with E-state index >= 15 is 0 Å². The van der Waals surface area contributed by atoms with Crippen LogP contribution in [0.1, 0.15) is 30.4 Å². The van der Waals surface area contributed by atoms with Crippen molar-refractivity contribution in [2.45, 2.75) is 38.8 Å². The van der Waals surface area contributed by atoms with Gasteiger partial charge in [0.05, 0.1) is 6.04 Å². The van der Waals surface area contributed by atoms with Crippen LogP contribution in [-0.4, -0.2) is 18.5 Å². The molecule has 1 aromatic rings. The first-order chi connectivity index (χ1) is 8.27. The van der Waals surface area contributed by atoms with E-state index in [1.807, 2.05) is 12.1 Å². The van der Waals surface area contributed by atoms with Crippen molar-refractivity contribution in [1.82, 2.24) is 10.6 Å². The van der Waals surface area contributed by atoms with Gasteiger partial charge in [0.1, 0.15) is 0 Å². The van der Waals surface area contributed by atoms with Crippen molar-refractivity contribution in [3.05, 3.63) is 35.4 Å². The average Bonchev–Trinajstić information content (AvgIpc) is 2.38. The highest BCUT2D eigenvalue weighted by Gasteiger charge is 2.19. The monoisotopic (exact) mass is 232 g/mol. The largest absolute Gasteiger partial charge is 0.351 e. The molecule has 0 aliphatic carbocycles. The molecule has 17 heavy (non-hydrogen) atoms. The summed E-state index contributed by atoms with van der Waals surface area (Å²) in [4.78, 5) is 11.9. The molecule has 0 unspecified atom stereocenters. The summed E-state index contributed by atoms with van der Waals surface area (Å²) in [5.74, 6) is 0.132. The molecule has 1 aliphatic rings. The fraction of sp³-hybridized carbons (Fsp3) is 0.500. The van der Waals surface area contributed by atoms with Crippen LogP contribution in [0.15, 0.2) is 24.3 Å². The van der Waals surface area contributed by atoms with Crippen LogP contribution in [0.25, 0.3) is 0 Å². The third-order valence-corrected chi connectivity index (χ3v) is 3.34. The van der Waals surface area contributed by atoms with E-state index in [4.69, 9.17) is 0 Å². The SMILES string of the molecule is Cc1ccccc1CNC(=O)[C@@H]1CCCCN1. The summed E-state index contributed by atoms with van der Waals surface area (Å²) >= 11 is 0. The van der Waals surface area contributed by atoms with E-state index in [9.17, 15) is 4.79 Å². The average molecular weight is 232 g/mol. The topological polar surface area (TPSA) is 41.1 Å². The van der Waals surface area contributed by atoms with Crippen LogP contribution >= 0.6 is 0 Å². The molecule has 0 bridgehead atoms. The van der Waals surface area contributed by atoms with Gasteiger partial charge in [-0.1, -0.05) is 30.7 Å². The van der Waals surface area contributed by atoms with Gasteiger partial charge in [-0.3, -0.25) is 4.79 Å². The van der Waals surface area contributed by atoms with Gasteiger partial charge in [0.15, 0.2) is 0 Å². The number of aryl methyl sites for hydroxylation is 1. The minimum Gasteiger partial charge on any atom is -0.351 e. The molecule has 0 radical (unpaired) electrons. The molecule has 92 valence electrons. The third-order valence-electron chi connectivity index (χ3n) is 3.34. The Morgan fingerprint density at radius 2 is 2.24 bits per heavy atom. The van der Waals surface area contributed by atoms with E-state index in [-0.39, 0.29) is 11.9 Å². The molecule has 0 spiro atoms. The molecule has 1 aromatic carbocycles. The zero-order valence-electron chi connectivity index (χ0n) is 10.3. The van der Waals surface area contributed by atoms with Gasteiger partial charge in [-0.05, 0) is 37.4 Å². The summed E-state index contributed by atoms with van der Waals surface area (Å²) in [5.41, 5.74) is 2.42. The predicted octanol–water partition coefficient (Wildman–Crippen LogP) is 1.75. The number of carbonyl (C=O) groups is 1. The van der Waals surface area contributed by atoms with Crippen LogP contribution in [0.4, 0.5) is 0 Å². The number of piperidine rings is 1. The molecule has 0 saturated carbocycles. The molecule has 2 rings (SSSR count). The summed E-state index contributed by atoms with van der Waals surface area (Å²) in [5, 5.41) is 6.27. The van der Waals surface area contributed by atoms with Gasteiger partial charge in [-0.2, -0.15) is 0 Å². The Bertz CT molecular complexity index is 384. The van der Waals surface area contributed by atoms with E-state index < -0.39 is 0 Å². The highest BCUT2D eigenvalue weighted by molar-refractivity contribution is 5.81. The Kier molecular flexibility index (Phi) is 4.15. The van der Waals surface area contributed by atoms with Gasteiger partial charge in [0.2, 0.25) is 5.91 Å². The molecule has 3 nitrogen and oxygen atoms in total. The maximum atomic E-state index is 11.9. The van der Waals surface area contributed by atoms with E-state index in [0.717, 1.165) is 19.4 Å². The summed E-state index contributed by atoms with van der Waals surface area (Å²) in [7, 11) is 0. The van der Waals surface area contributed by atoms with E-state index in [0.29, 0.717) is 6.54 Å². The lowest BCUT2D eigenvalue weighted by Crippen LogP contribution is -2.46. The molecule has 1 fully saturated rings. The minimum absolute atomic E-state index is 0.00719. The van der Waals surface area contributed by atoms with Crippen molar-refractivity contribution < 1.29 is 4.79 Å². The lowest BCUT2D eigenvalue weighted by molar-refractivity contribution is -0.123. The van der Waals surface area contributed by atoms with E-state index in [1.54, 1.807) is 0 Å². The maximum absolute atomic E-state index is 11.9. The molecular weight excluding hydrogens is 212 g/mol. The Morgan fingerprint density at radius 3 is 2.94 bits per heavy atom. The molecule has 2 N–H and O–H groups in total. The summed E-state index contributed by atoms with van der Waals surface area (Å²) in [6.45, 7) is 3.66. The lowest BCUT2D eigenvalue weighted by atomic mass is 10.0. The van der Waals surface area contributed by atoms with Crippen LogP contribution in [0.3, 0.4) is 0 Å². The Morgan fingerprint density at radius 1 is 1.41 bits per heavy atom. The zero-order chi connectivity index (χ0) is 12.1. The van der Waals surface area contributed by atoms with Gasteiger partial charge >= 0.3 is 0 Å². The molecule has 1 amide bonds. The standard InChI is InChI=1S/C14H20N2O/c1-11-6-2-3-7-12(11)10-16-14(17)13-8-4-5-9-15-13/h2-3,6-7,13,15H,4-5,8-10H2,1H3,(H,16,17)/t13-/m0/s1. The van der Waals surface area contributed by atoms with Crippen molar-refractivity contribution in [3.8, 4) is 0 Å². The van der Waals surface area contributed by atoms with Crippen molar-refractivity contribution in [2.75, 3.05) is 6.54 Å². The molecular formula is C14H20N2O. The number of benzene rings is 1. The molecule has 1 heterocycles. The first-order valence-electron chi connectivity index (χ1n) is 6.33. The first kappa shape index (κ1) is 12.1. The van der Waals surface area contributed by atoms with E-state index in [2.05, 4.69) is 29.7 Å². The zero-order valence-corrected chi connectivity index (χ0v) is 10.3. The molecule has 1 saturated heterocycles. The first-order valence-corrected chi connectivity index (χ1v) is 6.33. The normalized spacial score (nSPS) is 19.9. The second kappa shape index (κ2) is 5.82. The number of hydrogen-bond acceptors (Lipinski definition) is 2. The van der Waals surface area contributed by atoms with Crippen LogP contribution in [0, 0.1) is 6.92 Å². The molecule has 3 heteroatoms. The minimum atomic E-state index is 0.00719. The van der Waals surface area contributed by atoms with Crippen LogP contribution in [0.2, 0.25) is 0 Å². The van der Waals surface area contributed by atoms with Crippen LogP contribution in [0.5, 0.6) is 0 Å². The van der Waals surface area contributed by atoms with Gasteiger partial charge in [0.25, 0.3) is 0 Å². The number of carbonyl (C=O) groups excluding carboxylic acids is 1. The highest BCUT2D eigenvalue weighted by Crippen LogP contribution is 2.09. The third kappa shape index (κ3) is 3.30. The van der Waals surface area contributed by atoms with Crippen molar-refractivity contribution >= 4 is 5.91 Å². The van der Waals surface area contributed by atoms with Gasteiger partial charge < -0.3 is 10.6 Å².